The van der Waals surface area contributed by atoms with Gasteiger partial charge in [-0.25, -0.2) is 4.79 Å². The van der Waals surface area contributed by atoms with E-state index < -0.39 is 6.03 Å². The highest BCUT2D eigenvalue weighted by Gasteiger charge is 2.32. The van der Waals surface area contributed by atoms with Crippen LogP contribution in [0.25, 0.3) is 17.4 Å². The first-order valence-corrected chi connectivity index (χ1v) is 8.15. The van der Waals surface area contributed by atoms with Crippen LogP contribution in [0.2, 0.25) is 10.0 Å². The maximum Gasteiger partial charge on any atom is 0.329 e. The minimum Gasteiger partial charge on any atom is -0.457 e. The zero-order valence-electron chi connectivity index (χ0n) is 12.8. The second kappa shape index (κ2) is 6.71. The molecule has 5 nitrogen and oxygen atoms in total. The fraction of sp³-hybridized carbons (Fsp3) is 0.176. The number of urea groups is 1. The Morgan fingerprint density at radius 1 is 1.21 bits per heavy atom. The maximum absolute atomic E-state index is 12.2. The van der Waals surface area contributed by atoms with Gasteiger partial charge in [-0.3, -0.25) is 9.69 Å². The molecule has 124 valence electrons. The Hall–Kier alpha value is -2.24. The summed E-state index contributed by atoms with van der Waals surface area (Å²) in [6.45, 7) is 2.28. The molecule has 1 aromatic carbocycles. The van der Waals surface area contributed by atoms with Crippen LogP contribution in [0, 0.1) is 0 Å². The fourth-order valence-corrected chi connectivity index (χ4v) is 2.80. The number of rotatable bonds is 4. The van der Waals surface area contributed by atoms with Crippen molar-refractivity contribution in [2.24, 2.45) is 0 Å². The summed E-state index contributed by atoms with van der Waals surface area (Å²) in [5.41, 5.74) is 0.842. The van der Waals surface area contributed by atoms with Crippen molar-refractivity contribution in [3.63, 3.8) is 0 Å². The standard InChI is InChI=1S/C17H14Cl2N2O3/c1-2-8-21-16(22)13(20-17(21)23)9-10-6-7-14(24-10)11-4-3-5-12(18)15(11)19/h3-7,9H,2,8H2,1H3,(H,20,23)/b13-9-. The maximum atomic E-state index is 12.2. The zero-order valence-corrected chi connectivity index (χ0v) is 14.3. The Morgan fingerprint density at radius 2 is 2.00 bits per heavy atom. The molecule has 0 unspecified atom stereocenters. The normalized spacial score (nSPS) is 16.1. The highest BCUT2D eigenvalue weighted by Crippen LogP contribution is 2.34. The number of imide groups is 1. The fourth-order valence-electron chi connectivity index (χ4n) is 2.41. The molecule has 0 atom stereocenters. The van der Waals surface area contributed by atoms with E-state index >= 15 is 0 Å². The summed E-state index contributed by atoms with van der Waals surface area (Å²) in [7, 11) is 0. The van der Waals surface area contributed by atoms with Crippen LogP contribution >= 0.6 is 23.2 Å². The van der Waals surface area contributed by atoms with Crippen LogP contribution in [0.5, 0.6) is 0 Å². The molecule has 0 aliphatic carbocycles. The van der Waals surface area contributed by atoms with Crippen molar-refractivity contribution in [1.29, 1.82) is 0 Å². The lowest BCUT2D eigenvalue weighted by Crippen LogP contribution is -2.31. The Bertz CT molecular complexity index is 842. The number of amides is 3. The van der Waals surface area contributed by atoms with Crippen molar-refractivity contribution in [2.45, 2.75) is 13.3 Å². The van der Waals surface area contributed by atoms with Crippen molar-refractivity contribution >= 4 is 41.2 Å². The SMILES string of the molecule is CCCN1C(=O)N/C(=C\c2ccc(-c3cccc(Cl)c3Cl)o2)C1=O. The molecule has 0 spiro atoms. The van der Waals surface area contributed by atoms with Gasteiger partial charge in [-0.05, 0) is 30.7 Å². The first-order valence-electron chi connectivity index (χ1n) is 7.40. The third-order valence-corrected chi connectivity index (χ3v) is 4.36. The highest BCUT2D eigenvalue weighted by molar-refractivity contribution is 6.43. The van der Waals surface area contributed by atoms with Gasteiger partial charge in [0, 0.05) is 18.2 Å². The van der Waals surface area contributed by atoms with E-state index in [0.717, 1.165) is 0 Å². The van der Waals surface area contributed by atoms with Gasteiger partial charge < -0.3 is 9.73 Å². The summed E-state index contributed by atoms with van der Waals surface area (Å²) >= 11 is 12.2. The molecule has 7 heteroatoms. The number of benzene rings is 1. The van der Waals surface area contributed by atoms with Crippen LogP contribution in [0.3, 0.4) is 0 Å². The lowest BCUT2D eigenvalue weighted by atomic mass is 10.2. The molecule has 24 heavy (non-hydrogen) atoms. The lowest BCUT2D eigenvalue weighted by Gasteiger charge is -2.08. The summed E-state index contributed by atoms with van der Waals surface area (Å²) in [6, 6.07) is 8.26. The molecule has 1 aliphatic heterocycles. The quantitative estimate of drug-likeness (QED) is 0.638. The van der Waals surface area contributed by atoms with E-state index in [4.69, 9.17) is 27.6 Å². The highest BCUT2D eigenvalue weighted by atomic mass is 35.5. The van der Waals surface area contributed by atoms with Crippen molar-refractivity contribution in [3.8, 4) is 11.3 Å². The molecular weight excluding hydrogens is 351 g/mol. The van der Waals surface area contributed by atoms with E-state index in [2.05, 4.69) is 5.32 Å². The van der Waals surface area contributed by atoms with E-state index in [-0.39, 0.29) is 11.6 Å². The molecule has 1 saturated heterocycles. The van der Waals surface area contributed by atoms with Crippen LogP contribution in [0.15, 0.2) is 40.4 Å². The molecule has 1 N–H and O–H groups in total. The van der Waals surface area contributed by atoms with Crippen LogP contribution in [0.4, 0.5) is 4.79 Å². The van der Waals surface area contributed by atoms with E-state index in [1.165, 1.54) is 11.0 Å². The molecule has 0 saturated carbocycles. The Labute approximate surface area is 148 Å². The molecule has 0 radical (unpaired) electrons. The minimum atomic E-state index is -0.419. The Morgan fingerprint density at radius 3 is 2.75 bits per heavy atom. The number of nitrogens with zero attached hydrogens (tertiary/aromatic N) is 1. The number of hydrogen-bond donors (Lipinski definition) is 1. The van der Waals surface area contributed by atoms with Gasteiger partial charge in [0.1, 0.15) is 17.2 Å². The first kappa shape index (κ1) is 16.6. The summed E-state index contributed by atoms with van der Waals surface area (Å²) in [4.78, 5) is 25.1. The van der Waals surface area contributed by atoms with Gasteiger partial charge in [-0.15, -0.1) is 0 Å². The summed E-state index contributed by atoms with van der Waals surface area (Å²) in [5, 5.41) is 3.37. The largest absolute Gasteiger partial charge is 0.457 e. The van der Waals surface area contributed by atoms with Crippen molar-refractivity contribution in [3.05, 3.63) is 51.8 Å². The second-order valence-electron chi connectivity index (χ2n) is 5.25. The summed E-state index contributed by atoms with van der Waals surface area (Å²) in [5.74, 6) is 0.597. The number of furan rings is 1. The van der Waals surface area contributed by atoms with E-state index in [1.54, 1.807) is 30.3 Å². The molecule has 2 heterocycles. The monoisotopic (exact) mass is 364 g/mol. The van der Waals surface area contributed by atoms with Gasteiger partial charge in [-0.1, -0.05) is 36.2 Å². The Balaban J connectivity index is 1.88. The van der Waals surface area contributed by atoms with Crippen molar-refractivity contribution < 1.29 is 14.0 Å². The van der Waals surface area contributed by atoms with E-state index in [1.807, 2.05) is 6.92 Å². The predicted molar refractivity (Wildman–Crippen MR) is 92.7 cm³/mol. The number of halogens is 2. The molecule has 3 amide bonds. The van der Waals surface area contributed by atoms with Crippen LogP contribution < -0.4 is 5.32 Å². The third kappa shape index (κ3) is 3.05. The Kier molecular flexibility index (Phi) is 4.64. The van der Waals surface area contributed by atoms with Gasteiger partial charge in [0.2, 0.25) is 0 Å². The molecule has 3 rings (SSSR count). The summed E-state index contributed by atoms with van der Waals surface area (Å²) in [6.07, 6.45) is 2.20. The van der Waals surface area contributed by atoms with Crippen LogP contribution in [-0.4, -0.2) is 23.4 Å². The molecule has 0 bridgehead atoms. The van der Waals surface area contributed by atoms with E-state index in [0.29, 0.717) is 40.1 Å². The van der Waals surface area contributed by atoms with Gasteiger partial charge in [0.05, 0.1) is 10.0 Å². The number of hydrogen-bond acceptors (Lipinski definition) is 3. The topological polar surface area (TPSA) is 62.6 Å². The lowest BCUT2D eigenvalue weighted by molar-refractivity contribution is -0.122. The zero-order chi connectivity index (χ0) is 17.3. The second-order valence-corrected chi connectivity index (χ2v) is 6.03. The van der Waals surface area contributed by atoms with Gasteiger partial charge >= 0.3 is 6.03 Å². The van der Waals surface area contributed by atoms with Gasteiger partial charge in [0.15, 0.2) is 0 Å². The average Bonchev–Trinajstić information content (AvgIpc) is 3.11. The third-order valence-electron chi connectivity index (χ3n) is 3.54. The predicted octanol–water partition coefficient (Wildman–Crippen LogP) is 4.56. The molecule has 1 aromatic heterocycles. The van der Waals surface area contributed by atoms with Crippen molar-refractivity contribution in [1.82, 2.24) is 10.2 Å². The number of carbonyl (C=O) groups is 2. The first-order chi connectivity index (χ1) is 11.5. The minimum absolute atomic E-state index is 0.187. The average molecular weight is 365 g/mol. The smallest absolute Gasteiger partial charge is 0.329 e. The molecule has 1 aliphatic rings. The number of nitrogens with one attached hydrogen (secondary N) is 1. The number of carbonyl (C=O) groups excluding carboxylic acids is 2. The van der Waals surface area contributed by atoms with Gasteiger partial charge in [-0.2, -0.15) is 0 Å². The molecule has 1 fully saturated rings. The molecular formula is C17H14Cl2N2O3. The van der Waals surface area contributed by atoms with E-state index in [9.17, 15) is 9.59 Å². The van der Waals surface area contributed by atoms with Crippen molar-refractivity contribution in [2.75, 3.05) is 6.54 Å². The van der Waals surface area contributed by atoms with Crippen LogP contribution in [-0.2, 0) is 4.79 Å². The van der Waals surface area contributed by atoms with Crippen LogP contribution in [0.1, 0.15) is 19.1 Å². The summed E-state index contributed by atoms with van der Waals surface area (Å²) < 4.78 is 5.70. The molecule has 2 aromatic rings. The van der Waals surface area contributed by atoms with Gasteiger partial charge in [0.25, 0.3) is 5.91 Å².